The van der Waals surface area contributed by atoms with Gasteiger partial charge in [0.15, 0.2) is 0 Å². The first kappa shape index (κ1) is 30.7. The number of allylic oxidation sites excluding steroid dienone is 1. The highest BCUT2D eigenvalue weighted by atomic mass is 79.9. The number of carbonyl (C=O) groups is 1. The predicted molar refractivity (Wildman–Crippen MR) is 129 cm³/mol. The standard InChI is InChI=1S/C22H17BrCl3F7N2O/c1-10(8-34-9-21(28,29)30)35-20(36)13-3-2-11(4-15(13)23)18(27)7-14(22(31,32)33)12-5-16(24)19(26)17(25)6-12/h2-7,10,14,34H,8-9H2,1H3,(H,35,36)/b18-7-. The van der Waals surface area contributed by atoms with Crippen molar-refractivity contribution in [1.29, 1.82) is 0 Å². The Kier molecular flexibility index (Phi) is 10.5. The van der Waals surface area contributed by atoms with Crippen molar-refractivity contribution in [2.75, 3.05) is 13.1 Å². The molecule has 2 atom stereocenters. The number of amides is 1. The second-order valence-corrected chi connectivity index (χ2v) is 9.69. The summed E-state index contributed by atoms with van der Waals surface area (Å²) < 4.78 is 92.7. The molecule has 0 spiro atoms. The summed E-state index contributed by atoms with van der Waals surface area (Å²) in [5.41, 5.74) is -0.697. The molecule has 2 N–H and O–H groups in total. The summed E-state index contributed by atoms with van der Waals surface area (Å²) in [5, 5.41) is 4.01. The fourth-order valence-corrected chi connectivity index (χ4v) is 4.18. The minimum Gasteiger partial charge on any atom is -0.348 e. The van der Waals surface area contributed by atoms with Gasteiger partial charge in [-0.3, -0.25) is 4.79 Å². The molecular weight excluding hydrogens is 628 g/mol. The van der Waals surface area contributed by atoms with Crippen molar-refractivity contribution in [3.8, 4) is 0 Å². The normalized spacial score (nSPS) is 14.5. The zero-order valence-electron chi connectivity index (χ0n) is 18.1. The van der Waals surface area contributed by atoms with E-state index in [0.717, 1.165) is 30.3 Å². The summed E-state index contributed by atoms with van der Waals surface area (Å²) in [5.74, 6) is -4.33. The highest BCUT2D eigenvalue weighted by Gasteiger charge is 2.40. The van der Waals surface area contributed by atoms with Crippen LogP contribution in [0.15, 0.2) is 40.9 Å². The van der Waals surface area contributed by atoms with Crippen LogP contribution in [0.4, 0.5) is 30.7 Å². The van der Waals surface area contributed by atoms with Gasteiger partial charge < -0.3 is 10.6 Å². The molecule has 0 aliphatic carbocycles. The molecule has 0 aromatic heterocycles. The predicted octanol–water partition coefficient (Wildman–Crippen LogP) is 8.34. The molecule has 1 amide bonds. The van der Waals surface area contributed by atoms with E-state index < -0.39 is 48.2 Å². The maximum absolute atomic E-state index is 14.9. The van der Waals surface area contributed by atoms with Crippen LogP contribution >= 0.6 is 50.7 Å². The Morgan fingerprint density at radius 2 is 1.64 bits per heavy atom. The maximum atomic E-state index is 14.9. The van der Waals surface area contributed by atoms with E-state index in [9.17, 15) is 35.5 Å². The van der Waals surface area contributed by atoms with Gasteiger partial charge in [0.1, 0.15) is 11.7 Å². The topological polar surface area (TPSA) is 41.1 Å². The fourth-order valence-electron chi connectivity index (χ4n) is 3.01. The SMILES string of the molecule is CC(CNCC(F)(F)F)NC(=O)c1ccc(/C(F)=C/C(c2cc(Cl)c(Cl)c(Cl)c2)C(F)(F)F)cc1Br. The van der Waals surface area contributed by atoms with E-state index in [1.165, 1.54) is 6.92 Å². The summed E-state index contributed by atoms with van der Waals surface area (Å²) in [4.78, 5) is 12.4. The van der Waals surface area contributed by atoms with Gasteiger partial charge in [0.05, 0.1) is 27.2 Å². The third-order valence-corrected chi connectivity index (χ3v) is 6.53. The fraction of sp³-hybridized carbons (Fsp3) is 0.318. The van der Waals surface area contributed by atoms with Crippen molar-refractivity contribution < 1.29 is 35.5 Å². The maximum Gasteiger partial charge on any atom is 0.401 e. The van der Waals surface area contributed by atoms with Crippen molar-refractivity contribution in [2.24, 2.45) is 0 Å². The van der Waals surface area contributed by atoms with Crippen LogP contribution in [-0.2, 0) is 0 Å². The molecule has 0 fully saturated rings. The number of hydrogen-bond acceptors (Lipinski definition) is 2. The molecule has 2 aromatic carbocycles. The Hall–Kier alpha value is -1.53. The second-order valence-electron chi connectivity index (χ2n) is 7.65. The quantitative estimate of drug-likeness (QED) is 0.224. The average Bonchev–Trinajstić information content (AvgIpc) is 2.73. The summed E-state index contributed by atoms with van der Waals surface area (Å²) >= 11 is 20.5. The van der Waals surface area contributed by atoms with Crippen molar-refractivity contribution in [2.45, 2.75) is 31.2 Å². The molecule has 0 radical (unpaired) electrons. The van der Waals surface area contributed by atoms with Crippen LogP contribution in [0.2, 0.25) is 15.1 Å². The molecule has 0 saturated heterocycles. The van der Waals surface area contributed by atoms with E-state index >= 15 is 0 Å². The Bertz CT molecular complexity index is 1120. The largest absolute Gasteiger partial charge is 0.401 e. The minimum atomic E-state index is -4.90. The highest BCUT2D eigenvalue weighted by Crippen LogP contribution is 2.42. The van der Waals surface area contributed by atoms with Crippen LogP contribution in [0.5, 0.6) is 0 Å². The van der Waals surface area contributed by atoms with Gasteiger partial charge in [0.2, 0.25) is 0 Å². The van der Waals surface area contributed by atoms with Gasteiger partial charge in [-0.2, -0.15) is 26.3 Å². The molecular formula is C22H17BrCl3F7N2O. The molecule has 2 aromatic rings. The number of benzene rings is 2. The van der Waals surface area contributed by atoms with Crippen LogP contribution in [0, 0.1) is 0 Å². The third kappa shape index (κ3) is 8.79. The molecule has 2 rings (SSSR count). The number of rotatable bonds is 8. The Morgan fingerprint density at radius 1 is 1.06 bits per heavy atom. The highest BCUT2D eigenvalue weighted by molar-refractivity contribution is 9.10. The minimum absolute atomic E-state index is 0.00198. The number of hydrogen-bond donors (Lipinski definition) is 2. The first-order chi connectivity index (χ1) is 16.5. The molecule has 14 heteroatoms. The van der Waals surface area contributed by atoms with Crippen molar-refractivity contribution >= 4 is 62.5 Å². The van der Waals surface area contributed by atoms with Gasteiger partial charge in [-0.1, -0.05) is 40.9 Å². The Morgan fingerprint density at radius 3 is 2.14 bits per heavy atom. The van der Waals surface area contributed by atoms with E-state index in [2.05, 4.69) is 26.6 Å². The molecule has 0 aliphatic heterocycles. The van der Waals surface area contributed by atoms with Crippen LogP contribution in [0.25, 0.3) is 5.83 Å². The zero-order chi connectivity index (χ0) is 27.4. The van der Waals surface area contributed by atoms with Gasteiger partial charge in [-0.25, -0.2) is 4.39 Å². The summed E-state index contributed by atoms with van der Waals surface area (Å²) in [6, 6.07) is 4.54. The van der Waals surface area contributed by atoms with Gasteiger partial charge in [0.25, 0.3) is 5.91 Å². The molecule has 3 nitrogen and oxygen atoms in total. The van der Waals surface area contributed by atoms with E-state index in [1.807, 2.05) is 0 Å². The van der Waals surface area contributed by atoms with Gasteiger partial charge in [0, 0.05) is 22.6 Å². The lowest BCUT2D eigenvalue weighted by molar-refractivity contribution is -0.139. The summed E-state index contributed by atoms with van der Waals surface area (Å²) in [6.07, 6.45) is -8.96. The van der Waals surface area contributed by atoms with Crippen LogP contribution in [0.3, 0.4) is 0 Å². The van der Waals surface area contributed by atoms with Crippen LogP contribution in [-0.4, -0.2) is 37.4 Å². The van der Waals surface area contributed by atoms with Crippen LogP contribution in [0.1, 0.15) is 34.3 Å². The van der Waals surface area contributed by atoms with E-state index in [0.29, 0.717) is 6.08 Å². The Balaban J connectivity index is 2.24. The zero-order valence-corrected chi connectivity index (χ0v) is 22.0. The molecule has 0 saturated carbocycles. The first-order valence-electron chi connectivity index (χ1n) is 9.96. The van der Waals surface area contributed by atoms with Gasteiger partial charge in [-0.15, -0.1) is 0 Å². The molecule has 0 aliphatic rings. The van der Waals surface area contributed by atoms with Crippen molar-refractivity contribution in [3.63, 3.8) is 0 Å². The first-order valence-corrected chi connectivity index (χ1v) is 11.9. The third-order valence-electron chi connectivity index (χ3n) is 4.67. The van der Waals surface area contributed by atoms with Crippen molar-refractivity contribution in [3.05, 3.63) is 72.6 Å². The molecule has 36 heavy (non-hydrogen) atoms. The summed E-state index contributed by atoms with van der Waals surface area (Å²) in [6.45, 7) is 0.0684. The molecule has 0 heterocycles. The number of carbonyl (C=O) groups excluding carboxylic acids is 1. The van der Waals surface area contributed by atoms with E-state index in [-0.39, 0.29) is 37.2 Å². The average molecular weight is 645 g/mol. The lowest BCUT2D eigenvalue weighted by Crippen LogP contribution is -2.42. The van der Waals surface area contributed by atoms with E-state index in [4.69, 9.17) is 34.8 Å². The number of alkyl halides is 6. The van der Waals surface area contributed by atoms with E-state index in [1.54, 1.807) is 0 Å². The summed E-state index contributed by atoms with van der Waals surface area (Å²) in [7, 11) is 0. The second kappa shape index (κ2) is 12.3. The lowest BCUT2D eigenvalue weighted by atomic mass is 9.96. The monoisotopic (exact) mass is 642 g/mol. The Labute approximate surface area is 225 Å². The lowest BCUT2D eigenvalue weighted by Gasteiger charge is -2.19. The smallest absolute Gasteiger partial charge is 0.348 e. The van der Waals surface area contributed by atoms with Crippen LogP contribution < -0.4 is 10.6 Å². The molecule has 0 bridgehead atoms. The number of halogens is 11. The van der Waals surface area contributed by atoms with Gasteiger partial charge >= 0.3 is 12.4 Å². The van der Waals surface area contributed by atoms with Crippen molar-refractivity contribution in [1.82, 2.24) is 10.6 Å². The number of nitrogens with one attached hydrogen (secondary N) is 2. The molecule has 198 valence electrons. The molecule has 2 unspecified atom stereocenters. The van der Waals surface area contributed by atoms with Gasteiger partial charge in [-0.05, 0) is 58.8 Å².